The normalized spacial score (nSPS) is 10.0. The first kappa shape index (κ1) is 16.5. The smallest absolute Gasteiger partial charge is 0.134 e. The van der Waals surface area contributed by atoms with E-state index in [0.29, 0.717) is 9.98 Å². The molecule has 0 atom stereocenters. The molecule has 0 aromatic carbocycles. The molecule has 0 aliphatic carbocycles. The second kappa shape index (κ2) is 9.17. The number of hydrogen-bond donors (Lipinski definition) is 2. The van der Waals surface area contributed by atoms with Gasteiger partial charge >= 0.3 is 0 Å². The van der Waals surface area contributed by atoms with Gasteiger partial charge in [-0.1, -0.05) is 36.6 Å². The molecule has 0 aliphatic heterocycles. The summed E-state index contributed by atoms with van der Waals surface area (Å²) in [4.78, 5) is 9.68. The fourth-order valence-corrected chi connectivity index (χ4v) is 2.21. The lowest BCUT2D eigenvalue weighted by molar-refractivity contribution is 0.836. The molecule has 0 amide bonds. The van der Waals surface area contributed by atoms with Crippen molar-refractivity contribution in [3.63, 3.8) is 0 Å². The van der Waals surface area contributed by atoms with E-state index in [1.165, 1.54) is 0 Å². The minimum atomic E-state index is 0.576. The van der Waals surface area contributed by atoms with Crippen LogP contribution in [0.2, 0.25) is 0 Å². The van der Waals surface area contributed by atoms with Crippen LogP contribution in [-0.4, -0.2) is 33.0 Å². The lowest BCUT2D eigenvalue weighted by Crippen LogP contribution is -2.38. The number of thiocarbonyl (C=S) groups is 2. The van der Waals surface area contributed by atoms with Crippen molar-refractivity contribution < 1.29 is 0 Å². The number of nitrogens with zero attached hydrogens (tertiary/aromatic N) is 2. The van der Waals surface area contributed by atoms with Gasteiger partial charge in [0, 0.05) is 49.7 Å². The van der Waals surface area contributed by atoms with Gasteiger partial charge in [-0.05, 0) is 24.3 Å². The summed E-state index contributed by atoms with van der Waals surface area (Å²) in [5.41, 5.74) is 2.07. The molecule has 2 N–H and O–H groups in total. The number of pyridine rings is 2. The predicted octanol–water partition coefficient (Wildman–Crippen LogP) is 2.10. The summed E-state index contributed by atoms with van der Waals surface area (Å²) in [5.74, 6) is 0. The van der Waals surface area contributed by atoms with Gasteiger partial charge in [0.25, 0.3) is 0 Å². The first-order valence-electron chi connectivity index (χ1n) is 7.11. The summed E-state index contributed by atoms with van der Waals surface area (Å²) in [6, 6.07) is 11.8. The largest absolute Gasteiger partial charge is 0.373 e. The molecule has 2 aromatic heterocycles. The van der Waals surface area contributed by atoms with Gasteiger partial charge in [-0.3, -0.25) is 9.97 Å². The third-order valence-corrected chi connectivity index (χ3v) is 3.82. The second-order valence-electron chi connectivity index (χ2n) is 4.65. The van der Waals surface area contributed by atoms with Gasteiger partial charge in [-0.25, -0.2) is 0 Å². The minimum Gasteiger partial charge on any atom is -0.373 e. The van der Waals surface area contributed by atoms with Crippen LogP contribution >= 0.6 is 24.4 Å². The highest BCUT2D eigenvalue weighted by atomic mass is 32.1. The number of nitrogens with one attached hydrogen (secondary N) is 2. The Bertz CT molecular complexity index is 547. The van der Waals surface area contributed by atoms with Crippen LogP contribution in [0.25, 0.3) is 0 Å². The van der Waals surface area contributed by atoms with Crippen molar-refractivity contribution in [1.29, 1.82) is 0 Å². The topological polar surface area (TPSA) is 49.8 Å². The van der Waals surface area contributed by atoms with Crippen LogP contribution in [0.1, 0.15) is 11.4 Å². The highest BCUT2D eigenvalue weighted by Gasteiger charge is 2.04. The molecule has 2 rings (SSSR count). The predicted molar refractivity (Wildman–Crippen MR) is 97.1 cm³/mol. The molecule has 2 aromatic rings. The van der Waals surface area contributed by atoms with Crippen molar-refractivity contribution in [1.82, 2.24) is 20.6 Å². The fraction of sp³-hybridized carbons (Fsp3) is 0.250. The highest BCUT2D eigenvalue weighted by molar-refractivity contribution is 7.89. The van der Waals surface area contributed by atoms with E-state index in [9.17, 15) is 0 Å². The van der Waals surface area contributed by atoms with Gasteiger partial charge < -0.3 is 10.6 Å². The zero-order valence-electron chi connectivity index (χ0n) is 12.2. The molecule has 0 radical (unpaired) electrons. The molecular weight excluding hydrogens is 312 g/mol. The van der Waals surface area contributed by atoms with Crippen LogP contribution < -0.4 is 10.6 Å². The van der Waals surface area contributed by atoms with E-state index in [1.807, 2.05) is 36.4 Å². The van der Waals surface area contributed by atoms with Gasteiger partial charge in [0.15, 0.2) is 0 Å². The molecule has 0 saturated carbocycles. The molecule has 0 fully saturated rings. The lowest BCUT2D eigenvalue weighted by atomic mass is 10.2. The van der Waals surface area contributed by atoms with Crippen molar-refractivity contribution in [2.24, 2.45) is 0 Å². The first-order chi connectivity index (χ1) is 10.8. The van der Waals surface area contributed by atoms with E-state index >= 15 is 0 Å². The van der Waals surface area contributed by atoms with Crippen molar-refractivity contribution in [3.8, 4) is 0 Å². The van der Waals surface area contributed by atoms with Crippen molar-refractivity contribution in [3.05, 3.63) is 60.2 Å². The minimum absolute atomic E-state index is 0.576. The summed E-state index contributed by atoms with van der Waals surface area (Å²) in [7, 11) is 0. The molecular formula is C16H18N4S2. The van der Waals surface area contributed by atoms with Gasteiger partial charge in [-0.15, -0.1) is 0 Å². The summed E-state index contributed by atoms with van der Waals surface area (Å²) in [5, 5.41) is 6.30. The van der Waals surface area contributed by atoms with E-state index in [4.69, 9.17) is 24.4 Å². The van der Waals surface area contributed by atoms with Crippen LogP contribution in [-0.2, 0) is 12.8 Å². The molecule has 6 heteroatoms. The van der Waals surface area contributed by atoms with E-state index in [-0.39, 0.29) is 0 Å². The van der Waals surface area contributed by atoms with Crippen LogP contribution in [0.5, 0.6) is 0 Å². The zero-order valence-corrected chi connectivity index (χ0v) is 13.8. The fourth-order valence-electron chi connectivity index (χ4n) is 1.86. The second-order valence-corrected chi connectivity index (χ2v) is 5.47. The Morgan fingerprint density at radius 3 is 1.59 bits per heavy atom. The number of rotatable bonds is 6. The Labute approximate surface area is 141 Å². The molecule has 0 bridgehead atoms. The molecule has 2 heterocycles. The highest BCUT2D eigenvalue weighted by Crippen LogP contribution is 1.94. The quantitative estimate of drug-likeness (QED) is 0.791. The molecule has 114 valence electrons. The average molecular weight is 330 g/mol. The van der Waals surface area contributed by atoms with Crippen LogP contribution in [0, 0.1) is 0 Å². The third kappa shape index (κ3) is 5.83. The molecule has 0 saturated heterocycles. The summed E-state index contributed by atoms with van der Waals surface area (Å²) < 4.78 is 0. The molecule has 0 spiro atoms. The Kier molecular flexibility index (Phi) is 6.86. The van der Waals surface area contributed by atoms with E-state index in [1.54, 1.807) is 12.4 Å². The zero-order chi connectivity index (χ0) is 15.6. The van der Waals surface area contributed by atoms with Crippen LogP contribution in [0.3, 0.4) is 0 Å². The standard InChI is InChI=1S/C16H18N4S2/c21-15(19-11-7-13-5-1-3-9-17-13)16(22)20-12-8-14-6-2-4-10-18-14/h1-6,9-10H,7-8,11-12H2,(H,19,21)(H,20,22). The van der Waals surface area contributed by atoms with Gasteiger partial charge in [0.2, 0.25) is 0 Å². The maximum Gasteiger partial charge on any atom is 0.134 e. The molecule has 22 heavy (non-hydrogen) atoms. The monoisotopic (exact) mass is 330 g/mol. The summed E-state index contributed by atoms with van der Waals surface area (Å²) >= 11 is 10.5. The molecule has 0 aliphatic rings. The van der Waals surface area contributed by atoms with Gasteiger partial charge in [0.05, 0.1) is 0 Å². The van der Waals surface area contributed by atoms with E-state index in [0.717, 1.165) is 37.3 Å². The van der Waals surface area contributed by atoms with Crippen LogP contribution in [0.15, 0.2) is 48.8 Å². The molecule has 0 unspecified atom stereocenters. The van der Waals surface area contributed by atoms with Crippen molar-refractivity contribution in [2.45, 2.75) is 12.8 Å². The van der Waals surface area contributed by atoms with Gasteiger partial charge in [-0.2, -0.15) is 0 Å². The number of aromatic nitrogens is 2. The van der Waals surface area contributed by atoms with Gasteiger partial charge in [0.1, 0.15) is 9.98 Å². The number of hydrogen-bond acceptors (Lipinski definition) is 4. The van der Waals surface area contributed by atoms with E-state index < -0.39 is 0 Å². The SMILES string of the molecule is S=C(NCCc1ccccn1)C(=S)NCCc1ccccn1. The van der Waals surface area contributed by atoms with Crippen molar-refractivity contribution >= 4 is 34.4 Å². The first-order valence-corrected chi connectivity index (χ1v) is 7.93. The third-order valence-electron chi connectivity index (χ3n) is 2.99. The van der Waals surface area contributed by atoms with Crippen LogP contribution in [0.4, 0.5) is 0 Å². The summed E-state index contributed by atoms with van der Waals surface area (Å²) in [6.45, 7) is 1.44. The molecule has 4 nitrogen and oxygen atoms in total. The Morgan fingerprint density at radius 2 is 1.23 bits per heavy atom. The Hall–Kier alpha value is -1.92. The Balaban J connectivity index is 1.63. The average Bonchev–Trinajstić information content (AvgIpc) is 2.56. The Morgan fingerprint density at radius 1 is 0.773 bits per heavy atom. The maximum atomic E-state index is 5.27. The maximum absolute atomic E-state index is 5.27. The summed E-state index contributed by atoms with van der Waals surface area (Å²) in [6.07, 6.45) is 5.21. The van der Waals surface area contributed by atoms with E-state index in [2.05, 4.69) is 20.6 Å². The lowest BCUT2D eigenvalue weighted by Gasteiger charge is -2.11. The van der Waals surface area contributed by atoms with Crippen molar-refractivity contribution in [2.75, 3.05) is 13.1 Å².